The number of nitrogens with one attached hydrogen (secondary N) is 2. The maximum atomic E-state index is 8.37. The predicted molar refractivity (Wildman–Crippen MR) is 73.5 cm³/mol. The van der Waals surface area contributed by atoms with Crippen LogP contribution in [0, 0.1) is 29.1 Å². The highest BCUT2D eigenvalue weighted by Crippen LogP contribution is 2.36. The molecule has 0 aromatic heterocycles. The lowest BCUT2D eigenvalue weighted by Crippen LogP contribution is -2.50. The third kappa shape index (κ3) is 2.79. The van der Waals surface area contributed by atoms with E-state index in [1.54, 1.807) is 0 Å². The number of rotatable bonds is 4. The maximum absolute atomic E-state index is 8.37. The number of hydrogen-bond acceptors (Lipinski definition) is 2. The second-order valence-electron chi connectivity index (χ2n) is 6.24. The highest BCUT2D eigenvalue weighted by atomic mass is 14.9. The van der Waals surface area contributed by atoms with Gasteiger partial charge in [-0.2, -0.15) is 0 Å². The lowest BCUT2D eigenvalue weighted by molar-refractivity contribution is 0.295. The van der Waals surface area contributed by atoms with E-state index in [0.29, 0.717) is 23.8 Å². The fraction of sp³-hybridized carbons (Fsp3) is 0.800. The summed E-state index contributed by atoms with van der Waals surface area (Å²) in [5.41, 5.74) is 2.15. The minimum absolute atomic E-state index is 0.307. The Kier molecular flexibility index (Phi) is 3.72. The van der Waals surface area contributed by atoms with Crippen LogP contribution in [0.3, 0.4) is 0 Å². The Balaban J connectivity index is 1.98. The fourth-order valence-corrected chi connectivity index (χ4v) is 3.10. The van der Waals surface area contributed by atoms with E-state index in [4.69, 9.17) is 5.41 Å². The van der Waals surface area contributed by atoms with Gasteiger partial charge in [0.15, 0.2) is 0 Å². The van der Waals surface area contributed by atoms with Crippen LogP contribution < -0.4 is 5.32 Å². The molecule has 17 heavy (non-hydrogen) atoms. The maximum Gasteiger partial charge on any atom is 0.0477 e. The molecule has 2 nitrogen and oxygen atoms in total. The molecule has 96 valence electrons. The van der Waals surface area contributed by atoms with Crippen molar-refractivity contribution in [1.29, 1.82) is 5.41 Å². The molecule has 2 rings (SSSR count). The molecule has 0 aliphatic heterocycles. The smallest absolute Gasteiger partial charge is 0.0477 e. The molecule has 0 heterocycles. The molecule has 2 saturated carbocycles. The van der Waals surface area contributed by atoms with E-state index in [2.05, 4.69) is 32.7 Å². The molecule has 0 aromatic rings. The second kappa shape index (κ2) is 4.93. The molecule has 2 aliphatic rings. The van der Waals surface area contributed by atoms with Gasteiger partial charge in [-0.25, -0.2) is 0 Å². The summed E-state index contributed by atoms with van der Waals surface area (Å²) in [6.45, 7) is 11.8. The fourth-order valence-electron chi connectivity index (χ4n) is 3.10. The highest BCUT2D eigenvalue weighted by Gasteiger charge is 2.37. The summed E-state index contributed by atoms with van der Waals surface area (Å²) in [6, 6.07) is 0.307. The molecule has 2 fully saturated rings. The Labute approximate surface area is 105 Å². The molecule has 4 atom stereocenters. The quantitative estimate of drug-likeness (QED) is 0.720. The molecule has 2 N–H and O–H groups in total. The Bertz CT molecular complexity index is 317. The topological polar surface area (TPSA) is 35.9 Å². The Morgan fingerprint density at radius 1 is 1.41 bits per heavy atom. The molecule has 4 unspecified atom stereocenters. The van der Waals surface area contributed by atoms with Gasteiger partial charge in [-0.05, 0) is 50.5 Å². The molecule has 0 amide bonds. The summed E-state index contributed by atoms with van der Waals surface area (Å²) >= 11 is 0. The van der Waals surface area contributed by atoms with E-state index in [0.717, 1.165) is 18.2 Å². The summed E-state index contributed by atoms with van der Waals surface area (Å²) < 4.78 is 0. The van der Waals surface area contributed by atoms with Gasteiger partial charge in [-0.15, -0.1) is 0 Å². The zero-order valence-electron chi connectivity index (χ0n) is 11.4. The normalized spacial score (nSPS) is 38.2. The second-order valence-corrected chi connectivity index (χ2v) is 6.24. The van der Waals surface area contributed by atoms with Crippen molar-refractivity contribution in [2.24, 2.45) is 23.7 Å². The summed E-state index contributed by atoms with van der Waals surface area (Å²) in [5.74, 6) is 2.33. The van der Waals surface area contributed by atoms with E-state index in [9.17, 15) is 0 Å². The first-order valence-corrected chi connectivity index (χ1v) is 6.97. The van der Waals surface area contributed by atoms with Crippen molar-refractivity contribution >= 4 is 5.71 Å². The molecule has 0 radical (unpaired) electrons. The number of allylic oxidation sites excluding steroid dienone is 1. The average Bonchev–Trinajstić information content (AvgIpc) is 3.06. The van der Waals surface area contributed by atoms with Gasteiger partial charge in [-0.3, -0.25) is 0 Å². The van der Waals surface area contributed by atoms with Gasteiger partial charge in [0, 0.05) is 17.7 Å². The van der Waals surface area contributed by atoms with Crippen LogP contribution in [0.2, 0.25) is 0 Å². The summed E-state index contributed by atoms with van der Waals surface area (Å²) in [4.78, 5) is 0. The molecule has 2 aliphatic carbocycles. The first-order chi connectivity index (χ1) is 8.00. The summed E-state index contributed by atoms with van der Waals surface area (Å²) in [5, 5.41) is 12.0. The first-order valence-electron chi connectivity index (χ1n) is 6.97. The molecule has 0 saturated heterocycles. The minimum atomic E-state index is 0.307. The van der Waals surface area contributed by atoms with Crippen LogP contribution in [-0.2, 0) is 0 Å². The van der Waals surface area contributed by atoms with Crippen molar-refractivity contribution in [1.82, 2.24) is 5.32 Å². The van der Waals surface area contributed by atoms with E-state index >= 15 is 0 Å². The molecule has 0 aromatic carbocycles. The SMILES string of the molecule is C=C(C)C1CC(C)C(NCC2CC2)C(=N)C1C. The van der Waals surface area contributed by atoms with Crippen LogP contribution in [0.15, 0.2) is 12.2 Å². The molecular formula is C15H26N2. The Hall–Kier alpha value is -0.630. The largest absolute Gasteiger partial charge is 0.308 e. The van der Waals surface area contributed by atoms with Crippen molar-refractivity contribution in [3.63, 3.8) is 0 Å². The van der Waals surface area contributed by atoms with Crippen LogP contribution in [0.1, 0.15) is 40.0 Å². The van der Waals surface area contributed by atoms with Crippen LogP contribution in [0.5, 0.6) is 0 Å². The standard InChI is InChI=1S/C15H26N2/c1-9(2)13-7-10(3)15(14(16)11(13)4)17-8-12-5-6-12/h10-13,15-17H,1,5-8H2,2-4H3. The number of hydrogen-bond donors (Lipinski definition) is 2. The first kappa shape index (κ1) is 12.8. The molecular weight excluding hydrogens is 208 g/mol. The minimum Gasteiger partial charge on any atom is -0.308 e. The molecule has 0 bridgehead atoms. The summed E-state index contributed by atoms with van der Waals surface area (Å²) in [6.07, 6.45) is 3.94. The van der Waals surface area contributed by atoms with Gasteiger partial charge in [0.2, 0.25) is 0 Å². The summed E-state index contributed by atoms with van der Waals surface area (Å²) in [7, 11) is 0. The van der Waals surface area contributed by atoms with Gasteiger partial charge in [0.1, 0.15) is 0 Å². The predicted octanol–water partition coefficient (Wildman–Crippen LogP) is 3.24. The zero-order valence-corrected chi connectivity index (χ0v) is 11.4. The van der Waals surface area contributed by atoms with Crippen LogP contribution in [0.4, 0.5) is 0 Å². The average molecular weight is 234 g/mol. The van der Waals surface area contributed by atoms with E-state index in [1.165, 1.54) is 24.8 Å². The van der Waals surface area contributed by atoms with Crippen molar-refractivity contribution in [3.8, 4) is 0 Å². The highest BCUT2D eigenvalue weighted by molar-refractivity contribution is 5.90. The van der Waals surface area contributed by atoms with Gasteiger partial charge in [0.05, 0.1) is 0 Å². The molecule has 0 spiro atoms. The van der Waals surface area contributed by atoms with Crippen LogP contribution in [-0.4, -0.2) is 18.3 Å². The lowest BCUT2D eigenvalue weighted by atomic mass is 9.69. The Morgan fingerprint density at radius 2 is 2.06 bits per heavy atom. The van der Waals surface area contributed by atoms with Crippen LogP contribution >= 0.6 is 0 Å². The van der Waals surface area contributed by atoms with Gasteiger partial charge < -0.3 is 10.7 Å². The van der Waals surface area contributed by atoms with E-state index in [1.807, 2.05) is 0 Å². The van der Waals surface area contributed by atoms with Crippen LogP contribution in [0.25, 0.3) is 0 Å². The zero-order chi connectivity index (χ0) is 12.6. The van der Waals surface area contributed by atoms with Crippen molar-refractivity contribution in [2.45, 2.75) is 46.1 Å². The van der Waals surface area contributed by atoms with Crippen molar-refractivity contribution < 1.29 is 0 Å². The molecule has 2 heteroatoms. The van der Waals surface area contributed by atoms with Crippen molar-refractivity contribution in [3.05, 3.63) is 12.2 Å². The van der Waals surface area contributed by atoms with Gasteiger partial charge in [-0.1, -0.05) is 26.0 Å². The Morgan fingerprint density at radius 3 is 2.59 bits per heavy atom. The monoisotopic (exact) mass is 234 g/mol. The van der Waals surface area contributed by atoms with E-state index in [-0.39, 0.29) is 0 Å². The van der Waals surface area contributed by atoms with Crippen molar-refractivity contribution in [2.75, 3.05) is 6.54 Å². The van der Waals surface area contributed by atoms with Gasteiger partial charge >= 0.3 is 0 Å². The third-order valence-corrected chi connectivity index (χ3v) is 4.58. The third-order valence-electron chi connectivity index (χ3n) is 4.58. The van der Waals surface area contributed by atoms with E-state index < -0.39 is 0 Å². The lowest BCUT2D eigenvalue weighted by Gasteiger charge is -2.40. The van der Waals surface area contributed by atoms with Gasteiger partial charge in [0.25, 0.3) is 0 Å².